The zero-order valence-electron chi connectivity index (χ0n) is 7.92. The second-order valence-corrected chi connectivity index (χ2v) is 4.07. The predicted molar refractivity (Wildman–Crippen MR) is 66.8 cm³/mol. The van der Waals surface area contributed by atoms with Gasteiger partial charge < -0.3 is 5.32 Å². The third-order valence-corrected chi connectivity index (χ3v) is 2.95. The quantitative estimate of drug-likeness (QED) is 0.892. The van der Waals surface area contributed by atoms with Crippen molar-refractivity contribution >= 4 is 46.3 Å². The van der Waals surface area contributed by atoms with Crippen LogP contribution in [0.1, 0.15) is 0 Å². The Labute approximate surface area is 107 Å². The summed E-state index contributed by atoms with van der Waals surface area (Å²) >= 11 is 17.7. The summed E-state index contributed by atoms with van der Waals surface area (Å²) in [6, 6.07) is 5.26. The summed E-state index contributed by atoms with van der Waals surface area (Å²) in [5.41, 5.74) is 0.636. The highest BCUT2D eigenvalue weighted by molar-refractivity contribution is 6.43. The molecule has 3 nitrogen and oxygen atoms in total. The van der Waals surface area contributed by atoms with E-state index in [4.69, 9.17) is 34.8 Å². The summed E-state index contributed by atoms with van der Waals surface area (Å²) < 4.78 is 0. The van der Waals surface area contributed by atoms with Crippen molar-refractivity contribution in [2.75, 3.05) is 5.32 Å². The van der Waals surface area contributed by atoms with E-state index in [1.54, 1.807) is 18.2 Å². The minimum atomic E-state index is 0.276. The summed E-state index contributed by atoms with van der Waals surface area (Å²) in [7, 11) is 0. The summed E-state index contributed by atoms with van der Waals surface area (Å²) in [6.07, 6.45) is 3.04. The van der Waals surface area contributed by atoms with Gasteiger partial charge >= 0.3 is 0 Å². The van der Waals surface area contributed by atoms with Gasteiger partial charge in [-0.1, -0.05) is 40.9 Å². The Hall–Kier alpha value is -1.03. The van der Waals surface area contributed by atoms with E-state index in [1.165, 1.54) is 12.4 Å². The molecule has 1 aromatic heterocycles. The maximum atomic E-state index is 6.01. The monoisotopic (exact) mass is 273 g/mol. The fourth-order valence-electron chi connectivity index (χ4n) is 1.13. The first kappa shape index (κ1) is 11.5. The maximum Gasteiger partial charge on any atom is 0.171 e. The van der Waals surface area contributed by atoms with E-state index in [2.05, 4.69) is 15.3 Å². The van der Waals surface area contributed by atoms with Crippen LogP contribution in [0.3, 0.4) is 0 Å². The number of nitrogens with zero attached hydrogens (tertiary/aromatic N) is 2. The highest BCUT2D eigenvalue weighted by Gasteiger charge is 2.07. The van der Waals surface area contributed by atoms with Crippen LogP contribution in [0.25, 0.3) is 0 Å². The molecule has 1 aromatic carbocycles. The molecule has 82 valence electrons. The van der Waals surface area contributed by atoms with Crippen molar-refractivity contribution in [1.29, 1.82) is 0 Å². The molecule has 0 unspecified atom stereocenters. The minimum absolute atomic E-state index is 0.276. The van der Waals surface area contributed by atoms with Crippen LogP contribution < -0.4 is 5.32 Å². The number of anilines is 2. The molecule has 6 heteroatoms. The molecule has 0 aliphatic carbocycles. The lowest BCUT2D eigenvalue weighted by atomic mass is 10.3. The van der Waals surface area contributed by atoms with Gasteiger partial charge in [-0.3, -0.25) is 0 Å². The van der Waals surface area contributed by atoms with Crippen molar-refractivity contribution in [3.63, 3.8) is 0 Å². The normalized spacial score (nSPS) is 10.2. The van der Waals surface area contributed by atoms with Crippen LogP contribution in [0.4, 0.5) is 11.5 Å². The van der Waals surface area contributed by atoms with E-state index >= 15 is 0 Å². The van der Waals surface area contributed by atoms with Gasteiger partial charge in [-0.05, 0) is 12.1 Å². The number of rotatable bonds is 2. The summed E-state index contributed by atoms with van der Waals surface area (Å²) in [5, 5.41) is 4.12. The second-order valence-electron chi connectivity index (χ2n) is 2.92. The van der Waals surface area contributed by atoms with E-state index in [0.717, 1.165) is 0 Å². The largest absolute Gasteiger partial charge is 0.336 e. The number of benzene rings is 1. The Balaban J connectivity index is 2.35. The Kier molecular flexibility index (Phi) is 3.49. The fraction of sp³-hybridized carbons (Fsp3) is 0. The van der Waals surface area contributed by atoms with Crippen LogP contribution in [0.5, 0.6) is 0 Å². The van der Waals surface area contributed by atoms with Gasteiger partial charge in [0.1, 0.15) is 0 Å². The van der Waals surface area contributed by atoms with E-state index in [1.807, 2.05) is 0 Å². The van der Waals surface area contributed by atoms with Crippen molar-refractivity contribution in [2.24, 2.45) is 0 Å². The highest BCUT2D eigenvalue weighted by Crippen LogP contribution is 2.32. The molecule has 1 N–H and O–H groups in total. The van der Waals surface area contributed by atoms with Crippen molar-refractivity contribution in [2.45, 2.75) is 0 Å². The third kappa shape index (κ3) is 2.38. The first-order valence-electron chi connectivity index (χ1n) is 4.36. The van der Waals surface area contributed by atoms with Gasteiger partial charge in [0.15, 0.2) is 11.0 Å². The van der Waals surface area contributed by atoms with Crippen LogP contribution in [-0.4, -0.2) is 9.97 Å². The standard InChI is InChI=1S/C10H6Cl3N3/c11-6-2-1-3-7(8(6)12)16-10-9(13)14-4-5-15-10/h1-5H,(H,15,16). The lowest BCUT2D eigenvalue weighted by molar-refractivity contribution is 1.20. The molecule has 2 rings (SSSR count). The van der Waals surface area contributed by atoms with Crippen LogP contribution in [0, 0.1) is 0 Å². The van der Waals surface area contributed by atoms with Crippen LogP contribution in [-0.2, 0) is 0 Å². The maximum absolute atomic E-state index is 6.01. The Morgan fingerprint density at radius 3 is 2.50 bits per heavy atom. The molecule has 0 amide bonds. The van der Waals surface area contributed by atoms with E-state index in [9.17, 15) is 0 Å². The topological polar surface area (TPSA) is 37.8 Å². The molecule has 0 aliphatic heterocycles. The number of hydrogen-bond donors (Lipinski definition) is 1. The molecule has 0 spiro atoms. The average Bonchev–Trinajstić information content (AvgIpc) is 2.28. The lowest BCUT2D eigenvalue weighted by Gasteiger charge is -2.08. The average molecular weight is 275 g/mol. The van der Waals surface area contributed by atoms with Crippen molar-refractivity contribution in [3.05, 3.63) is 45.8 Å². The van der Waals surface area contributed by atoms with Crippen LogP contribution in [0.2, 0.25) is 15.2 Å². The van der Waals surface area contributed by atoms with Crippen molar-refractivity contribution < 1.29 is 0 Å². The van der Waals surface area contributed by atoms with E-state index in [0.29, 0.717) is 21.6 Å². The van der Waals surface area contributed by atoms with Gasteiger partial charge in [0.2, 0.25) is 0 Å². The van der Waals surface area contributed by atoms with Crippen LogP contribution >= 0.6 is 34.8 Å². The van der Waals surface area contributed by atoms with Gasteiger partial charge in [0.25, 0.3) is 0 Å². The lowest BCUT2D eigenvalue weighted by Crippen LogP contribution is -1.96. The van der Waals surface area contributed by atoms with Crippen LogP contribution in [0.15, 0.2) is 30.6 Å². The summed E-state index contributed by atoms with van der Waals surface area (Å²) in [6.45, 7) is 0. The molecule has 2 aromatic rings. The second kappa shape index (κ2) is 4.87. The smallest absolute Gasteiger partial charge is 0.171 e. The van der Waals surface area contributed by atoms with Gasteiger partial charge in [-0.2, -0.15) is 0 Å². The SMILES string of the molecule is Clc1cccc(Nc2nccnc2Cl)c1Cl. The third-order valence-electron chi connectivity index (χ3n) is 1.86. The predicted octanol–water partition coefficient (Wildman–Crippen LogP) is 4.18. The first-order chi connectivity index (χ1) is 7.68. The molecular formula is C10H6Cl3N3. The summed E-state index contributed by atoms with van der Waals surface area (Å²) in [5.74, 6) is 0.438. The highest BCUT2D eigenvalue weighted by atomic mass is 35.5. The first-order valence-corrected chi connectivity index (χ1v) is 5.49. The summed E-state index contributed by atoms with van der Waals surface area (Å²) in [4.78, 5) is 7.93. The molecular weight excluding hydrogens is 268 g/mol. The number of hydrogen-bond acceptors (Lipinski definition) is 3. The van der Waals surface area contributed by atoms with Gasteiger partial charge in [-0.15, -0.1) is 0 Å². The van der Waals surface area contributed by atoms with E-state index < -0.39 is 0 Å². The number of nitrogens with one attached hydrogen (secondary N) is 1. The number of aromatic nitrogens is 2. The number of halogens is 3. The molecule has 0 radical (unpaired) electrons. The van der Waals surface area contributed by atoms with Gasteiger partial charge in [-0.25, -0.2) is 9.97 Å². The molecule has 0 atom stereocenters. The molecule has 1 heterocycles. The Morgan fingerprint density at radius 1 is 1.00 bits per heavy atom. The van der Waals surface area contributed by atoms with E-state index in [-0.39, 0.29) is 5.15 Å². The molecule has 0 fully saturated rings. The Morgan fingerprint density at radius 2 is 1.75 bits per heavy atom. The van der Waals surface area contributed by atoms with Crippen molar-refractivity contribution in [1.82, 2.24) is 9.97 Å². The molecule has 0 saturated carbocycles. The minimum Gasteiger partial charge on any atom is -0.336 e. The molecule has 0 aliphatic rings. The molecule has 16 heavy (non-hydrogen) atoms. The molecule has 0 saturated heterocycles. The van der Waals surface area contributed by atoms with Gasteiger partial charge in [0, 0.05) is 12.4 Å². The van der Waals surface area contributed by atoms with Crippen molar-refractivity contribution in [3.8, 4) is 0 Å². The zero-order chi connectivity index (χ0) is 11.5. The molecule has 0 bridgehead atoms. The van der Waals surface area contributed by atoms with Gasteiger partial charge in [0.05, 0.1) is 15.7 Å². The fourth-order valence-corrected chi connectivity index (χ4v) is 1.63. The zero-order valence-corrected chi connectivity index (χ0v) is 10.2. The Bertz CT molecular complexity index is 516.